The van der Waals surface area contributed by atoms with Crippen LogP contribution in [0.5, 0.6) is 5.75 Å². The third kappa shape index (κ3) is 5.50. The summed E-state index contributed by atoms with van der Waals surface area (Å²) in [4.78, 5) is 24.4. The van der Waals surface area contributed by atoms with Crippen LogP contribution in [0.25, 0.3) is 11.0 Å². The first-order valence-corrected chi connectivity index (χ1v) is 14.2. The van der Waals surface area contributed by atoms with Gasteiger partial charge in [-0.2, -0.15) is 0 Å². The number of benzene rings is 4. The average molecular weight is 530 g/mol. The maximum atomic E-state index is 13.1. The number of hydrogen-bond donors (Lipinski definition) is 1. The first kappa shape index (κ1) is 25.9. The number of carbonyl (C=O) groups excluding carboxylic acids is 1. The lowest BCUT2D eigenvalue weighted by Gasteiger charge is -2.33. The van der Waals surface area contributed by atoms with Gasteiger partial charge in [-0.1, -0.05) is 67.1 Å². The number of nitrogens with zero attached hydrogens (tertiary/aromatic N) is 2. The largest absolute Gasteiger partial charge is 0.497 e. The van der Waals surface area contributed by atoms with E-state index < -0.39 is 0 Å². The van der Waals surface area contributed by atoms with Crippen molar-refractivity contribution >= 4 is 22.5 Å². The number of aromatic amines is 1. The quantitative estimate of drug-likeness (QED) is 0.220. The molecule has 2 atom stereocenters. The van der Waals surface area contributed by atoms with Gasteiger partial charge in [0, 0.05) is 35.8 Å². The standard InChI is InChI=1S/C35H35N3O2/c1-40-30-18-15-26(16-19-30)33(25-10-8-9-22-38(23-21-25)29-13-6-3-7-14-29)35-36-31-20-17-28(24-32(31)37-35)34(39)27-11-4-2-5-12-27/h2-7,11-20,24-25,33H,8-10,21-23H2,1H3,(H,36,37). The maximum absolute atomic E-state index is 13.1. The molecular formula is C35H35N3O2. The molecule has 1 aliphatic rings. The Hall–Kier alpha value is -4.38. The SMILES string of the molecule is COc1ccc(C(c2nc3ccc(C(=O)c4ccccc4)cc3[nH]2)C2CCCCN(c3ccccc3)CC2)cc1. The van der Waals surface area contributed by atoms with Crippen molar-refractivity contribution in [3.63, 3.8) is 0 Å². The molecule has 0 radical (unpaired) electrons. The monoisotopic (exact) mass is 529 g/mol. The van der Waals surface area contributed by atoms with Crippen LogP contribution in [0.15, 0.2) is 103 Å². The Morgan fingerprint density at radius 2 is 1.60 bits per heavy atom. The normalized spacial score (nSPS) is 16.7. The van der Waals surface area contributed by atoms with E-state index in [9.17, 15) is 4.79 Å². The smallest absolute Gasteiger partial charge is 0.193 e. The molecule has 1 N–H and O–H groups in total. The van der Waals surface area contributed by atoms with E-state index in [1.165, 1.54) is 24.1 Å². The minimum atomic E-state index is 0.0198. The van der Waals surface area contributed by atoms with Gasteiger partial charge in [0.1, 0.15) is 11.6 Å². The summed E-state index contributed by atoms with van der Waals surface area (Å²) in [7, 11) is 1.70. The molecule has 4 aromatic carbocycles. The number of H-pyrrole nitrogens is 1. The molecule has 6 rings (SSSR count). The van der Waals surface area contributed by atoms with Crippen molar-refractivity contribution in [2.45, 2.75) is 31.6 Å². The lowest BCUT2D eigenvalue weighted by molar-refractivity contribution is 0.103. The molecule has 202 valence electrons. The van der Waals surface area contributed by atoms with Gasteiger partial charge in [0.15, 0.2) is 5.78 Å². The predicted molar refractivity (Wildman–Crippen MR) is 161 cm³/mol. The summed E-state index contributed by atoms with van der Waals surface area (Å²) in [6, 6.07) is 34.4. The Balaban J connectivity index is 1.34. The molecule has 0 bridgehead atoms. The summed E-state index contributed by atoms with van der Waals surface area (Å²) in [5.41, 5.74) is 5.66. The zero-order valence-electron chi connectivity index (χ0n) is 22.9. The number of anilines is 1. The number of rotatable bonds is 7. The van der Waals surface area contributed by atoms with E-state index in [0.717, 1.165) is 48.5 Å². The Morgan fingerprint density at radius 3 is 2.35 bits per heavy atom. The van der Waals surface area contributed by atoms with Crippen LogP contribution >= 0.6 is 0 Å². The van der Waals surface area contributed by atoms with Crippen molar-refractivity contribution in [1.29, 1.82) is 0 Å². The Labute approximate surface area is 235 Å². The van der Waals surface area contributed by atoms with Gasteiger partial charge in [0.05, 0.1) is 18.1 Å². The van der Waals surface area contributed by atoms with Crippen LogP contribution in [-0.4, -0.2) is 36.0 Å². The van der Waals surface area contributed by atoms with Crippen LogP contribution in [0.3, 0.4) is 0 Å². The summed E-state index contributed by atoms with van der Waals surface area (Å²) in [6.45, 7) is 2.10. The second kappa shape index (κ2) is 11.8. The molecule has 2 unspecified atom stereocenters. The lowest BCUT2D eigenvalue weighted by atomic mass is 9.79. The predicted octanol–water partition coefficient (Wildman–Crippen LogP) is 7.63. The number of imidazole rings is 1. The molecule has 0 amide bonds. The fourth-order valence-electron chi connectivity index (χ4n) is 6.06. The van der Waals surface area contributed by atoms with Crippen LogP contribution in [0.1, 0.15) is 58.9 Å². The number of ether oxygens (including phenoxy) is 1. The Bertz CT molecular complexity index is 1560. The fourth-order valence-corrected chi connectivity index (χ4v) is 6.06. The molecule has 1 aromatic heterocycles. The van der Waals surface area contributed by atoms with E-state index in [1.807, 2.05) is 60.7 Å². The molecule has 5 nitrogen and oxygen atoms in total. The van der Waals surface area contributed by atoms with Gasteiger partial charge >= 0.3 is 0 Å². The van der Waals surface area contributed by atoms with Gasteiger partial charge in [0.2, 0.25) is 0 Å². The van der Waals surface area contributed by atoms with Gasteiger partial charge in [-0.3, -0.25) is 4.79 Å². The van der Waals surface area contributed by atoms with Crippen LogP contribution in [0.4, 0.5) is 5.69 Å². The highest BCUT2D eigenvalue weighted by molar-refractivity contribution is 6.10. The van der Waals surface area contributed by atoms with E-state index in [4.69, 9.17) is 9.72 Å². The van der Waals surface area contributed by atoms with Crippen molar-refractivity contribution in [3.8, 4) is 5.75 Å². The van der Waals surface area contributed by atoms with Gasteiger partial charge in [-0.15, -0.1) is 0 Å². The number of carbonyl (C=O) groups is 1. The topological polar surface area (TPSA) is 58.2 Å². The molecule has 40 heavy (non-hydrogen) atoms. The highest BCUT2D eigenvalue weighted by atomic mass is 16.5. The minimum Gasteiger partial charge on any atom is -0.497 e. The third-order valence-electron chi connectivity index (χ3n) is 8.18. The summed E-state index contributed by atoms with van der Waals surface area (Å²) in [5.74, 6) is 2.37. The zero-order valence-corrected chi connectivity index (χ0v) is 22.9. The number of hydrogen-bond acceptors (Lipinski definition) is 4. The molecule has 0 spiro atoms. The number of nitrogens with one attached hydrogen (secondary N) is 1. The first-order chi connectivity index (χ1) is 19.7. The fraction of sp³-hybridized carbons (Fsp3) is 0.257. The van der Waals surface area contributed by atoms with Crippen molar-refractivity contribution in [2.75, 3.05) is 25.1 Å². The second-order valence-corrected chi connectivity index (χ2v) is 10.7. The summed E-state index contributed by atoms with van der Waals surface area (Å²) >= 11 is 0. The van der Waals surface area contributed by atoms with Crippen LogP contribution in [0.2, 0.25) is 0 Å². The van der Waals surface area contributed by atoms with Crippen molar-refractivity contribution in [1.82, 2.24) is 9.97 Å². The number of aromatic nitrogens is 2. The van der Waals surface area contributed by atoms with Crippen molar-refractivity contribution < 1.29 is 9.53 Å². The van der Waals surface area contributed by atoms with Gasteiger partial charge in [0.25, 0.3) is 0 Å². The second-order valence-electron chi connectivity index (χ2n) is 10.7. The average Bonchev–Trinajstić information content (AvgIpc) is 3.42. The highest BCUT2D eigenvalue weighted by Crippen LogP contribution is 2.38. The van der Waals surface area contributed by atoms with E-state index in [0.29, 0.717) is 17.0 Å². The molecular weight excluding hydrogens is 494 g/mol. The Morgan fingerprint density at radius 1 is 0.850 bits per heavy atom. The van der Waals surface area contributed by atoms with Gasteiger partial charge in [-0.25, -0.2) is 4.98 Å². The molecule has 1 aliphatic heterocycles. The summed E-state index contributed by atoms with van der Waals surface area (Å²) < 4.78 is 5.46. The van der Waals surface area contributed by atoms with Crippen LogP contribution < -0.4 is 9.64 Å². The number of fused-ring (bicyclic) bond motifs is 1. The first-order valence-electron chi connectivity index (χ1n) is 14.2. The molecule has 5 heteroatoms. The molecule has 1 saturated heterocycles. The van der Waals surface area contributed by atoms with Crippen LogP contribution in [-0.2, 0) is 0 Å². The molecule has 0 saturated carbocycles. The summed E-state index contributed by atoms with van der Waals surface area (Å²) in [6.07, 6.45) is 4.57. The molecule has 0 aliphatic carbocycles. The lowest BCUT2D eigenvalue weighted by Crippen LogP contribution is -2.31. The molecule has 2 heterocycles. The highest BCUT2D eigenvalue weighted by Gasteiger charge is 2.29. The maximum Gasteiger partial charge on any atom is 0.193 e. The molecule has 5 aromatic rings. The minimum absolute atomic E-state index is 0.0198. The van der Waals surface area contributed by atoms with Gasteiger partial charge < -0.3 is 14.6 Å². The van der Waals surface area contributed by atoms with E-state index in [2.05, 4.69) is 52.3 Å². The molecule has 1 fully saturated rings. The Kier molecular flexibility index (Phi) is 7.62. The third-order valence-corrected chi connectivity index (χ3v) is 8.18. The van der Waals surface area contributed by atoms with Crippen molar-refractivity contribution in [2.24, 2.45) is 5.92 Å². The number of methoxy groups -OCH3 is 1. The van der Waals surface area contributed by atoms with Crippen molar-refractivity contribution in [3.05, 3.63) is 126 Å². The van der Waals surface area contributed by atoms with Crippen LogP contribution in [0, 0.1) is 5.92 Å². The van der Waals surface area contributed by atoms with E-state index in [-0.39, 0.29) is 11.7 Å². The summed E-state index contributed by atoms with van der Waals surface area (Å²) in [5, 5.41) is 0. The van der Waals surface area contributed by atoms with Gasteiger partial charge in [-0.05, 0) is 73.2 Å². The zero-order chi connectivity index (χ0) is 27.3. The van der Waals surface area contributed by atoms with E-state index >= 15 is 0 Å². The number of ketones is 1. The number of para-hydroxylation sites is 1. The van der Waals surface area contributed by atoms with E-state index in [1.54, 1.807) is 7.11 Å².